The molecular formula is C27H28Cl2F2N2O2S. The number of sulfone groups is 1. The van der Waals surface area contributed by atoms with Gasteiger partial charge in [0.25, 0.3) is 0 Å². The molecule has 0 bridgehead atoms. The molecule has 3 aromatic rings. The van der Waals surface area contributed by atoms with Crippen molar-refractivity contribution in [3.8, 4) is 0 Å². The first-order valence-corrected chi connectivity index (χ1v) is 14.5. The standard InChI is InChI=1S/C27H28Cl2F2N2O2S/c1-3-32-27(26(36(2,34)35)21-12-23(30)14-24(31)13-21)16-33(17-27)25(20-8-10-22(29)11-9-20)19-6-4-18(15-28)5-7-19/h4-14,25-26,32H,3,15-17H2,1-2H3. The Morgan fingerprint density at radius 3 is 1.94 bits per heavy atom. The van der Waals surface area contributed by atoms with Crippen molar-refractivity contribution in [2.45, 2.75) is 29.6 Å². The van der Waals surface area contributed by atoms with E-state index in [2.05, 4.69) is 10.2 Å². The lowest BCUT2D eigenvalue weighted by atomic mass is 9.79. The van der Waals surface area contributed by atoms with Crippen LogP contribution >= 0.6 is 23.2 Å². The summed E-state index contributed by atoms with van der Waals surface area (Å²) >= 11 is 12.1. The van der Waals surface area contributed by atoms with Crippen molar-refractivity contribution in [2.75, 3.05) is 25.9 Å². The van der Waals surface area contributed by atoms with E-state index in [4.69, 9.17) is 23.2 Å². The molecule has 2 unspecified atom stereocenters. The second kappa shape index (κ2) is 10.8. The normalized spacial score (nSPS) is 17.4. The van der Waals surface area contributed by atoms with Crippen molar-refractivity contribution < 1.29 is 17.2 Å². The van der Waals surface area contributed by atoms with Crippen LogP contribution in [0.1, 0.15) is 40.5 Å². The van der Waals surface area contributed by atoms with E-state index >= 15 is 0 Å². The van der Waals surface area contributed by atoms with E-state index in [1.54, 1.807) is 0 Å². The predicted octanol–water partition coefficient (Wildman–Crippen LogP) is 5.90. The van der Waals surface area contributed by atoms with Gasteiger partial charge >= 0.3 is 0 Å². The largest absolute Gasteiger partial charge is 0.308 e. The summed E-state index contributed by atoms with van der Waals surface area (Å²) < 4.78 is 54.4. The maximum Gasteiger partial charge on any atom is 0.156 e. The summed E-state index contributed by atoms with van der Waals surface area (Å²) in [6, 6.07) is 18.3. The molecule has 4 nitrogen and oxygen atoms in total. The first-order valence-electron chi connectivity index (χ1n) is 11.6. The third kappa shape index (κ3) is 5.60. The number of likely N-dealkylation sites (tertiary alicyclic amines) is 1. The maximum atomic E-state index is 14.1. The fourth-order valence-corrected chi connectivity index (χ4v) is 7.32. The molecule has 1 N–H and O–H groups in total. The van der Waals surface area contributed by atoms with Crippen LogP contribution in [0.25, 0.3) is 0 Å². The number of alkyl halides is 1. The summed E-state index contributed by atoms with van der Waals surface area (Å²) in [4.78, 5) is 2.16. The third-order valence-electron chi connectivity index (χ3n) is 6.62. The van der Waals surface area contributed by atoms with E-state index in [0.29, 0.717) is 30.5 Å². The number of hydrogen-bond donors (Lipinski definition) is 1. The third-order valence-corrected chi connectivity index (χ3v) is 8.76. The van der Waals surface area contributed by atoms with Crippen molar-refractivity contribution in [1.29, 1.82) is 0 Å². The Morgan fingerprint density at radius 2 is 1.47 bits per heavy atom. The molecule has 3 aromatic carbocycles. The minimum absolute atomic E-state index is 0.102. The molecule has 192 valence electrons. The molecule has 1 aliphatic rings. The molecule has 0 spiro atoms. The molecule has 9 heteroatoms. The Morgan fingerprint density at radius 1 is 0.944 bits per heavy atom. The summed E-state index contributed by atoms with van der Waals surface area (Å²) in [6.45, 7) is 3.08. The first kappa shape index (κ1) is 27.0. The second-order valence-electron chi connectivity index (χ2n) is 9.33. The fourth-order valence-electron chi connectivity index (χ4n) is 5.33. The predicted molar refractivity (Wildman–Crippen MR) is 141 cm³/mol. The minimum atomic E-state index is -3.74. The Balaban J connectivity index is 1.75. The van der Waals surface area contributed by atoms with Crippen molar-refractivity contribution in [3.63, 3.8) is 0 Å². The van der Waals surface area contributed by atoms with E-state index in [0.717, 1.165) is 41.1 Å². The lowest BCUT2D eigenvalue weighted by Crippen LogP contribution is -2.73. The molecule has 1 saturated heterocycles. The summed E-state index contributed by atoms with van der Waals surface area (Å²) in [7, 11) is -3.74. The number of likely N-dealkylation sites (N-methyl/N-ethyl adjacent to an activating group) is 1. The molecule has 1 heterocycles. The highest BCUT2D eigenvalue weighted by atomic mass is 35.5. The fraction of sp³-hybridized carbons (Fsp3) is 0.333. The molecule has 36 heavy (non-hydrogen) atoms. The molecule has 0 saturated carbocycles. The number of hydrogen-bond acceptors (Lipinski definition) is 4. The van der Waals surface area contributed by atoms with Crippen LogP contribution in [0.5, 0.6) is 0 Å². The number of nitrogens with one attached hydrogen (secondary N) is 1. The molecule has 0 radical (unpaired) electrons. The van der Waals surface area contributed by atoms with Crippen LogP contribution in [0.15, 0.2) is 66.7 Å². The van der Waals surface area contributed by atoms with Gasteiger partial charge in [-0.15, -0.1) is 11.6 Å². The van der Waals surface area contributed by atoms with Gasteiger partial charge in [-0.05, 0) is 53.1 Å². The van der Waals surface area contributed by atoms with Crippen LogP contribution in [-0.2, 0) is 15.7 Å². The average molecular weight is 554 g/mol. The molecule has 0 aliphatic carbocycles. The van der Waals surface area contributed by atoms with Gasteiger partial charge in [0.05, 0.1) is 11.6 Å². The molecule has 0 aromatic heterocycles. The Kier molecular flexibility index (Phi) is 8.07. The number of benzene rings is 3. The first-order chi connectivity index (χ1) is 17.1. The van der Waals surface area contributed by atoms with E-state index < -0.39 is 32.3 Å². The van der Waals surface area contributed by atoms with E-state index in [1.807, 2.05) is 55.5 Å². The van der Waals surface area contributed by atoms with Crippen molar-refractivity contribution in [2.24, 2.45) is 0 Å². The molecular weight excluding hydrogens is 525 g/mol. The van der Waals surface area contributed by atoms with Gasteiger partial charge in [-0.3, -0.25) is 4.90 Å². The summed E-state index contributed by atoms with van der Waals surface area (Å²) in [5, 5.41) is 2.84. The van der Waals surface area contributed by atoms with Crippen LogP contribution in [0, 0.1) is 11.6 Å². The van der Waals surface area contributed by atoms with Gasteiger partial charge in [-0.2, -0.15) is 0 Å². The van der Waals surface area contributed by atoms with Crippen LogP contribution in [0.4, 0.5) is 8.78 Å². The Labute approximate surface area is 221 Å². The Hall–Kier alpha value is -2.03. The highest BCUT2D eigenvalue weighted by Gasteiger charge is 2.54. The van der Waals surface area contributed by atoms with Crippen molar-refractivity contribution in [1.82, 2.24) is 10.2 Å². The van der Waals surface area contributed by atoms with E-state index in [-0.39, 0.29) is 11.6 Å². The zero-order chi connectivity index (χ0) is 26.1. The zero-order valence-corrected chi connectivity index (χ0v) is 22.3. The smallest absolute Gasteiger partial charge is 0.156 e. The van der Waals surface area contributed by atoms with E-state index in [1.165, 1.54) is 0 Å². The van der Waals surface area contributed by atoms with Gasteiger partial charge in [0, 0.05) is 36.3 Å². The highest BCUT2D eigenvalue weighted by Crippen LogP contribution is 2.45. The minimum Gasteiger partial charge on any atom is -0.308 e. The van der Waals surface area contributed by atoms with Crippen LogP contribution in [-0.4, -0.2) is 44.7 Å². The monoisotopic (exact) mass is 552 g/mol. The Bertz CT molecular complexity index is 1290. The van der Waals surface area contributed by atoms with Gasteiger partial charge in [-0.1, -0.05) is 54.9 Å². The summed E-state index contributed by atoms with van der Waals surface area (Å²) in [5.74, 6) is -1.21. The number of rotatable bonds is 9. The van der Waals surface area contributed by atoms with Crippen LogP contribution in [0.3, 0.4) is 0 Å². The van der Waals surface area contributed by atoms with Crippen LogP contribution < -0.4 is 5.32 Å². The van der Waals surface area contributed by atoms with Gasteiger partial charge in [0.1, 0.15) is 16.9 Å². The summed E-state index contributed by atoms with van der Waals surface area (Å²) in [6.07, 6.45) is 1.11. The molecule has 1 fully saturated rings. The van der Waals surface area contributed by atoms with Crippen molar-refractivity contribution in [3.05, 3.63) is 106 Å². The average Bonchev–Trinajstić information content (AvgIpc) is 2.78. The molecule has 4 rings (SSSR count). The topological polar surface area (TPSA) is 49.4 Å². The zero-order valence-electron chi connectivity index (χ0n) is 20.0. The maximum absolute atomic E-state index is 14.1. The van der Waals surface area contributed by atoms with Crippen LogP contribution in [0.2, 0.25) is 5.02 Å². The lowest BCUT2D eigenvalue weighted by molar-refractivity contribution is 0.0143. The molecule has 1 aliphatic heterocycles. The molecule has 0 amide bonds. The lowest BCUT2D eigenvalue weighted by Gasteiger charge is -2.56. The quantitative estimate of drug-likeness (QED) is 0.336. The second-order valence-corrected chi connectivity index (χ2v) is 12.2. The van der Waals surface area contributed by atoms with Gasteiger partial charge in [0.15, 0.2) is 9.84 Å². The van der Waals surface area contributed by atoms with Gasteiger partial charge in [-0.25, -0.2) is 17.2 Å². The van der Waals surface area contributed by atoms with Gasteiger partial charge in [0.2, 0.25) is 0 Å². The summed E-state index contributed by atoms with van der Waals surface area (Å²) in [5.41, 5.74) is 2.18. The van der Waals surface area contributed by atoms with Crippen molar-refractivity contribution >= 4 is 33.0 Å². The number of nitrogens with zero attached hydrogens (tertiary/aromatic N) is 1. The number of halogens is 4. The van der Waals surface area contributed by atoms with Gasteiger partial charge < -0.3 is 5.32 Å². The molecule has 2 atom stereocenters. The SMILES string of the molecule is CCNC1(C(c2cc(F)cc(F)c2)S(C)(=O)=O)CN(C(c2ccc(Cl)cc2)c2ccc(CCl)cc2)C1. The van der Waals surface area contributed by atoms with E-state index in [9.17, 15) is 17.2 Å². The highest BCUT2D eigenvalue weighted by molar-refractivity contribution is 7.91.